The molecule has 0 amide bonds. The van der Waals surface area contributed by atoms with Crippen LogP contribution in [-0.4, -0.2) is 60.3 Å². The number of halogens is 1. The second-order valence-corrected chi connectivity index (χ2v) is 6.26. The summed E-state index contributed by atoms with van der Waals surface area (Å²) in [5.74, 6) is 3.06. The lowest BCUT2D eigenvalue weighted by Gasteiger charge is -2.24. The third-order valence-electron chi connectivity index (χ3n) is 4.44. The first-order chi connectivity index (χ1) is 9.67. The van der Waals surface area contributed by atoms with Crippen LogP contribution >= 0.6 is 12.4 Å². The predicted molar refractivity (Wildman–Crippen MR) is 81.2 cm³/mol. The van der Waals surface area contributed by atoms with Gasteiger partial charge >= 0.3 is 0 Å². The molecule has 120 valence electrons. The molecule has 21 heavy (non-hydrogen) atoms. The maximum Gasteiger partial charge on any atom is 0.240 e. The fourth-order valence-corrected chi connectivity index (χ4v) is 3.29. The van der Waals surface area contributed by atoms with Crippen LogP contribution in [0, 0.1) is 11.8 Å². The van der Waals surface area contributed by atoms with Gasteiger partial charge in [-0.2, -0.15) is 4.98 Å². The molecule has 1 saturated carbocycles. The zero-order valence-corrected chi connectivity index (χ0v) is 13.8. The van der Waals surface area contributed by atoms with Gasteiger partial charge in [-0.15, -0.1) is 12.4 Å². The highest BCUT2D eigenvalue weighted by atomic mass is 35.5. The van der Waals surface area contributed by atoms with E-state index in [4.69, 9.17) is 9.26 Å². The van der Waals surface area contributed by atoms with Crippen molar-refractivity contribution < 1.29 is 9.26 Å². The number of hydrogen-bond donors (Lipinski definition) is 0. The second-order valence-electron chi connectivity index (χ2n) is 6.26. The first-order valence-corrected chi connectivity index (χ1v) is 7.36. The van der Waals surface area contributed by atoms with Crippen molar-refractivity contribution in [3.05, 3.63) is 11.7 Å². The summed E-state index contributed by atoms with van der Waals surface area (Å²) in [7, 11) is 6.01. The molecule has 0 spiro atoms. The van der Waals surface area contributed by atoms with Crippen molar-refractivity contribution in [1.29, 1.82) is 0 Å². The van der Waals surface area contributed by atoms with Crippen molar-refractivity contribution in [1.82, 2.24) is 19.9 Å². The monoisotopic (exact) mass is 316 g/mol. The molecule has 1 aromatic heterocycles. The molecule has 0 radical (unpaired) electrons. The van der Waals surface area contributed by atoms with Crippen LogP contribution in [0.4, 0.5) is 0 Å². The number of hydrogen-bond acceptors (Lipinski definition) is 6. The number of ether oxygens (including phenoxy) is 1. The Morgan fingerprint density at radius 3 is 2.71 bits per heavy atom. The fraction of sp³-hybridized carbons (Fsp3) is 0.857. The van der Waals surface area contributed by atoms with E-state index < -0.39 is 0 Å². The third-order valence-corrected chi connectivity index (χ3v) is 4.44. The maximum absolute atomic E-state index is 5.29. The van der Waals surface area contributed by atoms with E-state index in [1.807, 2.05) is 0 Å². The Bertz CT molecular complexity index is 440. The lowest BCUT2D eigenvalue weighted by molar-refractivity contribution is 0.174. The lowest BCUT2D eigenvalue weighted by atomic mass is 9.97. The van der Waals surface area contributed by atoms with Gasteiger partial charge in [0.1, 0.15) is 6.61 Å². The van der Waals surface area contributed by atoms with Crippen molar-refractivity contribution in [3.63, 3.8) is 0 Å². The quantitative estimate of drug-likeness (QED) is 0.791. The van der Waals surface area contributed by atoms with Gasteiger partial charge in [0.25, 0.3) is 0 Å². The number of aromatic nitrogens is 2. The number of nitrogens with zero attached hydrogens (tertiary/aromatic N) is 4. The van der Waals surface area contributed by atoms with Gasteiger partial charge in [0.15, 0.2) is 5.82 Å². The molecule has 2 atom stereocenters. The largest absolute Gasteiger partial charge is 0.377 e. The Labute approximate surface area is 132 Å². The van der Waals surface area contributed by atoms with E-state index in [9.17, 15) is 0 Å². The van der Waals surface area contributed by atoms with Crippen molar-refractivity contribution in [2.45, 2.75) is 32.0 Å². The number of likely N-dealkylation sites (N-methyl/N-ethyl adjacent to an activating group) is 1. The highest BCUT2D eigenvalue weighted by Gasteiger charge is 2.43. The summed E-state index contributed by atoms with van der Waals surface area (Å²) in [5, 5.41) is 3.92. The average Bonchev–Trinajstić information content (AvgIpc) is 3.02. The van der Waals surface area contributed by atoms with Crippen molar-refractivity contribution >= 4 is 12.4 Å². The Morgan fingerprint density at radius 1 is 1.33 bits per heavy atom. The molecule has 0 bridgehead atoms. The van der Waals surface area contributed by atoms with E-state index in [0.29, 0.717) is 24.4 Å². The minimum absolute atomic E-state index is 0. The molecule has 1 aliphatic carbocycles. The summed E-state index contributed by atoms with van der Waals surface area (Å²) in [5.41, 5.74) is 0. The van der Waals surface area contributed by atoms with Gasteiger partial charge in [0.2, 0.25) is 5.89 Å². The van der Waals surface area contributed by atoms with Crippen LogP contribution in [0.25, 0.3) is 0 Å². The Morgan fingerprint density at radius 2 is 2.10 bits per heavy atom. The molecular weight excluding hydrogens is 292 g/mol. The molecule has 0 N–H and O–H groups in total. The maximum atomic E-state index is 5.29. The number of likely N-dealkylation sites (tertiary alicyclic amines) is 1. The lowest BCUT2D eigenvalue weighted by Crippen LogP contribution is -2.36. The van der Waals surface area contributed by atoms with Gasteiger partial charge in [-0.05, 0) is 38.8 Å². The molecule has 0 unspecified atom stereocenters. The van der Waals surface area contributed by atoms with Crippen LogP contribution in [-0.2, 0) is 17.9 Å². The molecular formula is C14H25ClN4O2. The highest BCUT2D eigenvalue weighted by molar-refractivity contribution is 5.85. The first kappa shape index (κ1) is 16.7. The highest BCUT2D eigenvalue weighted by Crippen LogP contribution is 2.42. The van der Waals surface area contributed by atoms with E-state index in [0.717, 1.165) is 31.5 Å². The number of rotatable bonds is 6. The van der Waals surface area contributed by atoms with Crippen molar-refractivity contribution in [3.8, 4) is 0 Å². The van der Waals surface area contributed by atoms with E-state index in [2.05, 4.69) is 34.0 Å². The molecule has 1 aliphatic heterocycles. The SMILES string of the molecule is COCc1noc(CN2C[C@H](C3CC3)[C@@H](N(C)C)C2)n1.Cl. The summed E-state index contributed by atoms with van der Waals surface area (Å²) in [4.78, 5) is 9.17. The zero-order chi connectivity index (χ0) is 14.1. The minimum atomic E-state index is 0. The predicted octanol–water partition coefficient (Wildman–Crippen LogP) is 1.41. The van der Waals surface area contributed by atoms with Gasteiger partial charge in [-0.25, -0.2) is 0 Å². The summed E-state index contributed by atoms with van der Waals surface area (Å²) in [6.07, 6.45) is 2.81. The minimum Gasteiger partial charge on any atom is -0.377 e. The van der Waals surface area contributed by atoms with Crippen LogP contribution < -0.4 is 0 Å². The topological polar surface area (TPSA) is 54.6 Å². The molecule has 2 fully saturated rings. The second kappa shape index (κ2) is 7.05. The number of methoxy groups -OCH3 is 1. The summed E-state index contributed by atoms with van der Waals surface area (Å²) < 4.78 is 10.3. The molecule has 2 heterocycles. The van der Waals surface area contributed by atoms with Crippen molar-refractivity contribution in [2.75, 3.05) is 34.3 Å². The van der Waals surface area contributed by atoms with Crippen LogP contribution in [0.5, 0.6) is 0 Å². The molecule has 6 nitrogen and oxygen atoms in total. The Hall–Kier alpha value is -0.690. The van der Waals surface area contributed by atoms with Gasteiger partial charge in [-0.1, -0.05) is 5.16 Å². The van der Waals surface area contributed by atoms with Crippen LogP contribution in [0.1, 0.15) is 24.6 Å². The van der Waals surface area contributed by atoms with Gasteiger partial charge < -0.3 is 14.2 Å². The summed E-state index contributed by atoms with van der Waals surface area (Å²) in [6.45, 7) is 3.41. The van der Waals surface area contributed by atoms with Gasteiger partial charge in [-0.3, -0.25) is 4.90 Å². The van der Waals surface area contributed by atoms with E-state index in [1.165, 1.54) is 12.8 Å². The summed E-state index contributed by atoms with van der Waals surface area (Å²) in [6, 6.07) is 0.656. The smallest absolute Gasteiger partial charge is 0.240 e. The first-order valence-electron chi connectivity index (χ1n) is 7.36. The van der Waals surface area contributed by atoms with E-state index in [1.54, 1.807) is 7.11 Å². The average molecular weight is 317 g/mol. The molecule has 2 aliphatic rings. The molecule has 1 saturated heterocycles. The zero-order valence-electron chi connectivity index (χ0n) is 13.0. The standard InChI is InChI=1S/C14H24N4O2.ClH/c1-17(2)12-7-18(6-11(12)10-4-5-10)8-14-15-13(9-19-3)16-20-14;/h10-12H,4-9H2,1-3H3;1H/t11-,12+;/m1./s1. The third kappa shape index (κ3) is 3.94. The van der Waals surface area contributed by atoms with E-state index in [-0.39, 0.29) is 12.4 Å². The molecule has 7 heteroatoms. The van der Waals surface area contributed by atoms with E-state index >= 15 is 0 Å². The van der Waals surface area contributed by atoms with Crippen LogP contribution in [0.15, 0.2) is 4.52 Å². The van der Waals surface area contributed by atoms with Crippen molar-refractivity contribution in [2.24, 2.45) is 11.8 Å². The van der Waals surface area contributed by atoms with Gasteiger partial charge in [0, 0.05) is 26.2 Å². The van der Waals surface area contributed by atoms with Crippen LogP contribution in [0.2, 0.25) is 0 Å². The molecule has 0 aromatic carbocycles. The Balaban J connectivity index is 0.00000161. The summed E-state index contributed by atoms with van der Waals surface area (Å²) >= 11 is 0. The van der Waals surface area contributed by atoms with Gasteiger partial charge in [0.05, 0.1) is 6.54 Å². The Kier molecular flexibility index (Phi) is 5.60. The fourth-order valence-electron chi connectivity index (χ4n) is 3.29. The molecule has 1 aromatic rings. The molecule has 3 rings (SSSR count). The normalized spacial score (nSPS) is 26.3. The van der Waals surface area contributed by atoms with Crippen LogP contribution in [0.3, 0.4) is 0 Å².